The highest BCUT2D eigenvalue weighted by Crippen LogP contribution is 2.39. The number of ether oxygens (including phenoxy) is 1. The molecule has 1 saturated carbocycles. The van der Waals surface area contributed by atoms with Crippen molar-refractivity contribution in [3.8, 4) is 5.75 Å². The van der Waals surface area contributed by atoms with Crippen molar-refractivity contribution in [3.05, 3.63) is 59.9 Å². The monoisotopic (exact) mass is 326 g/mol. The topological polar surface area (TPSA) is 68.4 Å². The molecule has 1 fully saturated rings. The lowest BCUT2D eigenvalue weighted by Gasteiger charge is -2.21. The molecule has 4 heteroatoms. The Morgan fingerprint density at radius 2 is 1.92 bits per heavy atom. The maximum absolute atomic E-state index is 9.39. The number of rotatable bonds is 7. The minimum atomic E-state index is -0.396. The SMILES string of the molecule is N[C@]1(CO)CC[C@@H](c2ccc(OCCCc3ccncc3)cc2)C1. The predicted octanol–water partition coefficient (Wildman–Crippen LogP) is 3.05. The molecule has 0 aliphatic heterocycles. The normalized spacial score (nSPS) is 23.3. The average Bonchev–Trinajstić information content (AvgIpc) is 3.03. The molecule has 1 aliphatic carbocycles. The minimum absolute atomic E-state index is 0.0716. The summed E-state index contributed by atoms with van der Waals surface area (Å²) in [5.41, 5.74) is 8.35. The summed E-state index contributed by atoms with van der Waals surface area (Å²) in [6.07, 6.45) is 8.43. The minimum Gasteiger partial charge on any atom is -0.494 e. The number of nitrogens with zero attached hydrogens (tertiary/aromatic N) is 1. The highest BCUT2D eigenvalue weighted by Gasteiger charge is 2.35. The highest BCUT2D eigenvalue weighted by molar-refractivity contribution is 5.30. The van der Waals surface area contributed by atoms with Crippen molar-refractivity contribution < 1.29 is 9.84 Å². The molecule has 0 spiro atoms. The average molecular weight is 326 g/mol. The van der Waals surface area contributed by atoms with Gasteiger partial charge in [0.05, 0.1) is 13.2 Å². The zero-order valence-electron chi connectivity index (χ0n) is 14.0. The summed E-state index contributed by atoms with van der Waals surface area (Å²) in [4.78, 5) is 4.02. The van der Waals surface area contributed by atoms with E-state index in [1.165, 1.54) is 11.1 Å². The molecule has 2 aromatic rings. The third-order valence-corrected chi connectivity index (χ3v) is 4.94. The van der Waals surface area contributed by atoms with Crippen LogP contribution in [0.3, 0.4) is 0 Å². The fourth-order valence-corrected chi connectivity index (χ4v) is 3.44. The Labute approximate surface area is 143 Å². The van der Waals surface area contributed by atoms with Crippen molar-refractivity contribution in [3.63, 3.8) is 0 Å². The van der Waals surface area contributed by atoms with Gasteiger partial charge in [-0.25, -0.2) is 0 Å². The van der Waals surface area contributed by atoms with Crippen molar-refractivity contribution >= 4 is 0 Å². The van der Waals surface area contributed by atoms with Gasteiger partial charge >= 0.3 is 0 Å². The first kappa shape index (κ1) is 16.9. The Balaban J connectivity index is 1.45. The fourth-order valence-electron chi connectivity index (χ4n) is 3.44. The fraction of sp³-hybridized carbons (Fsp3) is 0.450. The molecule has 0 bridgehead atoms. The number of aliphatic hydroxyl groups excluding tert-OH is 1. The summed E-state index contributed by atoms with van der Waals surface area (Å²) in [5.74, 6) is 1.36. The van der Waals surface area contributed by atoms with Gasteiger partial charge in [0.2, 0.25) is 0 Å². The summed E-state index contributed by atoms with van der Waals surface area (Å²) < 4.78 is 5.83. The molecule has 4 nitrogen and oxygen atoms in total. The van der Waals surface area contributed by atoms with E-state index >= 15 is 0 Å². The number of benzene rings is 1. The van der Waals surface area contributed by atoms with Crippen LogP contribution in [0.2, 0.25) is 0 Å². The molecular weight excluding hydrogens is 300 g/mol. The van der Waals surface area contributed by atoms with Crippen molar-refractivity contribution in [2.75, 3.05) is 13.2 Å². The summed E-state index contributed by atoms with van der Waals surface area (Å²) >= 11 is 0. The molecule has 0 radical (unpaired) electrons. The molecule has 1 aromatic carbocycles. The quantitative estimate of drug-likeness (QED) is 0.767. The van der Waals surface area contributed by atoms with Crippen LogP contribution in [-0.4, -0.2) is 28.8 Å². The standard InChI is InChI=1S/C20H26N2O2/c21-20(15-23)10-7-18(14-20)17-3-5-19(6-4-17)24-13-1-2-16-8-11-22-12-9-16/h3-6,8-9,11-12,18,23H,1-2,7,10,13-15,21H2/t18-,20-/m1/s1. The van der Waals surface area contributed by atoms with Gasteiger partial charge in [-0.3, -0.25) is 4.98 Å². The van der Waals surface area contributed by atoms with Gasteiger partial charge in [-0.05, 0) is 73.4 Å². The van der Waals surface area contributed by atoms with Gasteiger partial charge in [0.1, 0.15) is 5.75 Å². The predicted molar refractivity (Wildman–Crippen MR) is 95.1 cm³/mol. The largest absolute Gasteiger partial charge is 0.494 e. The molecule has 3 rings (SSSR count). The van der Waals surface area contributed by atoms with E-state index in [0.29, 0.717) is 12.5 Å². The lowest BCUT2D eigenvalue weighted by molar-refractivity contribution is 0.198. The third kappa shape index (κ3) is 4.34. The summed E-state index contributed by atoms with van der Waals surface area (Å²) in [5, 5.41) is 9.39. The first-order chi connectivity index (χ1) is 11.7. The maximum Gasteiger partial charge on any atom is 0.119 e. The van der Waals surface area contributed by atoms with Crippen LogP contribution in [0.1, 0.15) is 42.7 Å². The maximum atomic E-state index is 9.39. The Morgan fingerprint density at radius 3 is 2.58 bits per heavy atom. The molecule has 1 heterocycles. The zero-order valence-corrected chi connectivity index (χ0v) is 14.0. The molecule has 0 amide bonds. The highest BCUT2D eigenvalue weighted by atomic mass is 16.5. The van der Waals surface area contributed by atoms with Gasteiger partial charge in [-0.15, -0.1) is 0 Å². The van der Waals surface area contributed by atoms with Gasteiger partial charge in [0, 0.05) is 17.9 Å². The molecule has 1 aliphatic rings. The molecule has 0 saturated heterocycles. The number of aromatic nitrogens is 1. The summed E-state index contributed by atoms with van der Waals surface area (Å²) in [6, 6.07) is 12.4. The number of pyridine rings is 1. The Kier molecular flexibility index (Phi) is 5.48. The number of hydrogen-bond acceptors (Lipinski definition) is 4. The van der Waals surface area contributed by atoms with E-state index in [9.17, 15) is 5.11 Å². The van der Waals surface area contributed by atoms with Crippen LogP contribution in [0, 0.1) is 0 Å². The van der Waals surface area contributed by atoms with Crippen molar-refractivity contribution in [2.24, 2.45) is 5.73 Å². The van der Waals surface area contributed by atoms with Crippen LogP contribution in [-0.2, 0) is 6.42 Å². The first-order valence-electron chi connectivity index (χ1n) is 8.70. The zero-order chi connectivity index (χ0) is 16.8. The number of aryl methyl sites for hydroxylation is 1. The van der Waals surface area contributed by atoms with E-state index in [2.05, 4.69) is 17.1 Å². The van der Waals surface area contributed by atoms with E-state index in [0.717, 1.165) is 37.9 Å². The third-order valence-electron chi connectivity index (χ3n) is 4.94. The summed E-state index contributed by atoms with van der Waals surface area (Å²) in [6.45, 7) is 0.781. The van der Waals surface area contributed by atoms with Crippen LogP contribution in [0.25, 0.3) is 0 Å². The second-order valence-electron chi connectivity index (χ2n) is 6.84. The van der Waals surface area contributed by atoms with Crippen molar-refractivity contribution in [1.29, 1.82) is 0 Å². The van der Waals surface area contributed by atoms with Gasteiger partial charge < -0.3 is 15.6 Å². The number of nitrogens with two attached hydrogens (primary N) is 1. The second kappa shape index (κ2) is 7.77. The van der Waals surface area contributed by atoms with E-state index in [4.69, 9.17) is 10.5 Å². The van der Waals surface area contributed by atoms with Crippen LogP contribution < -0.4 is 10.5 Å². The Hall–Kier alpha value is -1.91. The van der Waals surface area contributed by atoms with E-state index < -0.39 is 5.54 Å². The molecule has 3 N–H and O–H groups in total. The van der Waals surface area contributed by atoms with Crippen LogP contribution in [0.15, 0.2) is 48.8 Å². The molecule has 0 unspecified atom stereocenters. The van der Waals surface area contributed by atoms with Crippen LogP contribution >= 0.6 is 0 Å². The summed E-state index contributed by atoms with van der Waals surface area (Å²) in [7, 11) is 0. The van der Waals surface area contributed by atoms with Gasteiger partial charge in [0.15, 0.2) is 0 Å². The number of aliphatic hydroxyl groups is 1. The smallest absolute Gasteiger partial charge is 0.119 e. The molecule has 2 atom stereocenters. The van der Waals surface area contributed by atoms with Crippen LogP contribution in [0.4, 0.5) is 0 Å². The van der Waals surface area contributed by atoms with Crippen molar-refractivity contribution in [1.82, 2.24) is 4.98 Å². The lowest BCUT2D eigenvalue weighted by atomic mass is 9.94. The van der Waals surface area contributed by atoms with Crippen LogP contribution in [0.5, 0.6) is 5.75 Å². The second-order valence-corrected chi connectivity index (χ2v) is 6.84. The van der Waals surface area contributed by atoms with Gasteiger partial charge in [0.25, 0.3) is 0 Å². The van der Waals surface area contributed by atoms with E-state index in [1.807, 2.05) is 36.7 Å². The lowest BCUT2D eigenvalue weighted by Crippen LogP contribution is -2.40. The Morgan fingerprint density at radius 1 is 1.17 bits per heavy atom. The molecule has 1 aromatic heterocycles. The van der Waals surface area contributed by atoms with E-state index in [1.54, 1.807) is 0 Å². The van der Waals surface area contributed by atoms with Gasteiger partial charge in [-0.2, -0.15) is 0 Å². The van der Waals surface area contributed by atoms with Crippen molar-refractivity contribution in [2.45, 2.75) is 43.6 Å². The molecule has 24 heavy (non-hydrogen) atoms. The van der Waals surface area contributed by atoms with E-state index in [-0.39, 0.29) is 6.61 Å². The first-order valence-corrected chi connectivity index (χ1v) is 8.70. The Bertz CT molecular complexity index is 630. The number of hydrogen-bond donors (Lipinski definition) is 2. The van der Waals surface area contributed by atoms with Gasteiger partial charge in [-0.1, -0.05) is 12.1 Å². The molecular formula is C20H26N2O2. The molecule has 128 valence electrons.